The Morgan fingerprint density at radius 3 is 2.62 bits per heavy atom. The van der Waals surface area contributed by atoms with Crippen molar-refractivity contribution in [1.82, 2.24) is 14.9 Å². The number of benzene rings is 1. The van der Waals surface area contributed by atoms with E-state index in [0.29, 0.717) is 0 Å². The fraction of sp³-hybridized carbons (Fsp3) is 0.278. The van der Waals surface area contributed by atoms with Crippen LogP contribution in [0, 0.1) is 0 Å². The molecule has 3 aromatic rings. The van der Waals surface area contributed by atoms with Gasteiger partial charge in [-0.15, -0.1) is 0 Å². The highest BCUT2D eigenvalue weighted by Crippen LogP contribution is 2.23. The molecule has 1 fully saturated rings. The van der Waals surface area contributed by atoms with Crippen molar-refractivity contribution in [2.75, 3.05) is 13.1 Å². The summed E-state index contributed by atoms with van der Waals surface area (Å²) >= 11 is 0. The summed E-state index contributed by atoms with van der Waals surface area (Å²) < 4.78 is 0. The van der Waals surface area contributed by atoms with Gasteiger partial charge in [-0.25, -0.2) is 4.98 Å². The van der Waals surface area contributed by atoms with Gasteiger partial charge in [-0.1, -0.05) is 24.3 Å². The first kappa shape index (κ1) is 12.6. The van der Waals surface area contributed by atoms with Crippen LogP contribution in [0.3, 0.4) is 0 Å². The van der Waals surface area contributed by atoms with Crippen molar-refractivity contribution >= 4 is 11.0 Å². The lowest BCUT2D eigenvalue weighted by molar-refractivity contribution is 0.331. The third kappa shape index (κ3) is 2.57. The van der Waals surface area contributed by atoms with Crippen LogP contribution in [0.5, 0.6) is 0 Å². The highest BCUT2D eigenvalue weighted by atomic mass is 15.1. The van der Waals surface area contributed by atoms with E-state index in [1.165, 1.54) is 37.1 Å². The van der Waals surface area contributed by atoms with Crippen LogP contribution in [0.4, 0.5) is 0 Å². The van der Waals surface area contributed by atoms with E-state index in [1.807, 2.05) is 12.3 Å². The molecule has 0 amide bonds. The highest BCUT2D eigenvalue weighted by Gasteiger charge is 2.11. The van der Waals surface area contributed by atoms with E-state index in [0.717, 1.165) is 23.3 Å². The molecule has 2 aromatic heterocycles. The molecule has 0 atom stereocenters. The summed E-state index contributed by atoms with van der Waals surface area (Å²) in [7, 11) is 0. The number of nitrogens with zero attached hydrogens (tertiary/aromatic N) is 2. The predicted molar refractivity (Wildman–Crippen MR) is 86.0 cm³/mol. The van der Waals surface area contributed by atoms with Crippen molar-refractivity contribution in [3.63, 3.8) is 0 Å². The van der Waals surface area contributed by atoms with Gasteiger partial charge in [-0.3, -0.25) is 4.90 Å². The summed E-state index contributed by atoms with van der Waals surface area (Å²) in [6, 6.07) is 15.1. The van der Waals surface area contributed by atoms with Crippen LogP contribution in [0.25, 0.3) is 22.3 Å². The molecule has 106 valence electrons. The molecule has 4 rings (SSSR count). The molecule has 3 nitrogen and oxygen atoms in total. The zero-order chi connectivity index (χ0) is 14.1. The average Bonchev–Trinajstić information content (AvgIpc) is 3.16. The van der Waals surface area contributed by atoms with Crippen molar-refractivity contribution in [3.05, 3.63) is 54.2 Å². The summed E-state index contributed by atoms with van der Waals surface area (Å²) in [4.78, 5) is 10.3. The summed E-state index contributed by atoms with van der Waals surface area (Å²) in [5, 5.41) is 1.16. The van der Waals surface area contributed by atoms with Gasteiger partial charge < -0.3 is 4.98 Å². The minimum atomic E-state index is 0.952. The maximum Gasteiger partial charge on any atom is 0.137 e. The first-order valence-corrected chi connectivity index (χ1v) is 7.64. The molecule has 1 aromatic carbocycles. The zero-order valence-corrected chi connectivity index (χ0v) is 12.0. The molecular formula is C18H19N3. The van der Waals surface area contributed by atoms with Crippen LogP contribution in [0.15, 0.2) is 48.7 Å². The van der Waals surface area contributed by atoms with Crippen LogP contribution in [0.1, 0.15) is 18.4 Å². The first-order valence-electron chi connectivity index (χ1n) is 7.64. The van der Waals surface area contributed by atoms with Gasteiger partial charge in [0.1, 0.15) is 5.65 Å². The second-order valence-corrected chi connectivity index (χ2v) is 5.80. The maximum absolute atomic E-state index is 4.35. The predicted octanol–water partition coefficient (Wildman–Crippen LogP) is 3.83. The molecule has 1 aliphatic heterocycles. The Kier molecular flexibility index (Phi) is 3.20. The molecule has 0 spiro atoms. The molecule has 3 heterocycles. The number of aromatic nitrogens is 2. The van der Waals surface area contributed by atoms with Crippen LogP contribution < -0.4 is 0 Å². The Bertz CT molecular complexity index is 704. The van der Waals surface area contributed by atoms with Crippen LogP contribution in [-0.4, -0.2) is 28.0 Å². The smallest absolute Gasteiger partial charge is 0.137 e. The molecule has 3 heteroatoms. The van der Waals surface area contributed by atoms with Gasteiger partial charge in [0, 0.05) is 23.8 Å². The van der Waals surface area contributed by atoms with E-state index in [2.05, 4.69) is 51.3 Å². The number of hydrogen-bond acceptors (Lipinski definition) is 2. The lowest BCUT2D eigenvalue weighted by Gasteiger charge is -2.14. The number of rotatable bonds is 3. The molecule has 0 unspecified atom stereocenters. The Labute approximate surface area is 124 Å². The topological polar surface area (TPSA) is 31.9 Å². The van der Waals surface area contributed by atoms with Crippen molar-refractivity contribution < 1.29 is 0 Å². The summed E-state index contributed by atoms with van der Waals surface area (Å²) in [6.07, 6.45) is 4.52. The van der Waals surface area contributed by atoms with E-state index in [1.54, 1.807) is 0 Å². The number of H-pyrrole nitrogens is 1. The van der Waals surface area contributed by atoms with Crippen LogP contribution in [0.2, 0.25) is 0 Å². The number of pyridine rings is 1. The first-order chi connectivity index (χ1) is 10.4. The molecule has 21 heavy (non-hydrogen) atoms. The summed E-state index contributed by atoms with van der Waals surface area (Å²) in [5.74, 6) is 0. The molecule has 0 bridgehead atoms. The van der Waals surface area contributed by atoms with Crippen LogP contribution in [-0.2, 0) is 6.54 Å². The Balaban J connectivity index is 1.57. The summed E-state index contributed by atoms with van der Waals surface area (Å²) in [6.45, 7) is 3.57. The molecule has 1 saturated heterocycles. The standard InChI is InChI=1S/C18H19N3/c1-2-11-21(10-1)13-14-5-7-15(8-6-14)17-12-16-4-3-9-19-18(16)20-17/h3-9,12H,1-2,10-11,13H2,(H,19,20). The number of aromatic amines is 1. The van der Waals surface area contributed by atoms with E-state index in [-0.39, 0.29) is 0 Å². The van der Waals surface area contributed by atoms with Gasteiger partial charge in [0.15, 0.2) is 0 Å². The minimum Gasteiger partial charge on any atom is -0.339 e. The summed E-state index contributed by atoms with van der Waals surface area (Å²) in [5.41, 5.74) is 4.71. The van der Waals surface area contributed by atoms with E-state index >= 15 is 0 Å². The van der Waals surface area contributed by atoms with Crippen molar-refractivity contribution in [2.24, 2.45) is 0 Å². The monoisotopic (exact) mass is 277 g/mol. The lowest BCUT2D eigenvalue weighted by Crippen LogP contribution is -2.18. The number of hydrogen-bond donors (Lipinski definition) is 1. The highest BCUT2D eigenvalue weighted by molar-refractivity contribution is 5.82. The SMILES string of the molecule is c1cnc2[nH]c(-c3ccc(CN4CCCC4)cc3)cc2c1. The van der Waals surface area contributed by atoms with Crippen molar-refractivity contribution in [3.8, 4) is 11.3 Å². The Morgan fingerprint density at radius 1 is 1.05 bits per heavy atom. The van der Waals surface area contributed by atoms with Gasteiger partial charge in [-0.2, -0.15) is 0 Å². The zero-order valence-electron chi connectivity index (χ0n) is 12.0. The van der Waals surface area contributed by atoms with Gasteiger partial charge in [-0.05, 0) is 55.3 Å². The van der Waals surface area contributed by atoms with Gasteiger partial charge in [0.05, 0.1) is 0 Å². The fourth-order valence-electron chi connectivity index (χ4n) is 3.10. The molecule has 0 radical (unpaired) electrons. The van der Waals surface area contributed by atoms with E-state index < -0.39 is 0 Å². The van der Waals surface area contributed by atoms with Crippen LogP contribution >= 0.6 is 0 Å². The molecule has 0 aliphatic carbocycles. The van der Waals surface area contributed by atoms with Gasteiger partial charge in [0.25, 0.3) is 0 Å². The van der Waals surface area contributed by atoms with E-state index in [9.17, 15) is 0 Å². The van der Waals surface area contributed by atoms with Crippen molar-refractivity contribution in [1.29, 1.82) is 0 Å². The third-order valence-electron chi connectivity index (χ3n) is 4.26. The Morgan fingerprint density at radius 2 is 1.86 bits per heavy atom. The van der Waals surface area contributed by atoms with Gasteiger partial charge >= 0.3 is 0 Å². The average molecular weight is 277 g/mol. The fourth-order valence-corrected chi connectivity index (χ4v) is 3.10. The molecule has 0 saturated carbocycles. The minimum absolute atomic E-state index is 0.952. The normalized spacial score (nSPS) is 15.8. The third-order valence-corrected chi connectivity index (χ3v) is 4.26. The molecular weight excluding hydrogens is 258 g/mol. The number of likely N-dealkylation sites (tertiary alicyclic amines) is 1. The van der Waals surface area contributed by atoms with Gasteiger partial charge in [0.2, 0.25) is 0 Å². The molecule has 1 N–H and O–H groups in total. The maximum atomic E-state index is 4.35. The second-order valence-electron chi connectivity index (χ2n) is 5.80. The lowest BCUT2D eigenvalue weighted by atomic mass is 10.1. The van der Waals surface area contributed by atoms with E-state index in [4.69, 9.17) is 0 Å². The van der Waals surface area contributed by atoms with Crippen molar-refractivity contribution in [2.45, 2.75) is 19.4 Å². The Hall–Kier alpha value is -2.13. The number of nitrogens with one attached hydrogen (secondary N) is 1. The second kappa shape index (κ2) is 5.34. The molecule has 1 aliphatic rings. The number of fused-ring (bicyclic) bond motifs is 1. The quantitative estimate of drug-likeness (QED) is 0.789. The largest absolute Gasteiger partial charge is 0.339 e.